The van der Waals surface area contributed by atoms with Gasteiger partial charge in [-0.3, -0.25) is 4.79 Å². The molecular weight excluding hydrogens is 246 g/mol. The minimum absolute atomic E-state index is 0.127. The molecule has 0 bridgehead atoms. The number of hydrogen-bond donors (Lipinski definition) is 0. The summed E-state index contributed by atoms with van der Waals surface area (Å²) in [7, 11) is 0. The van der Waals surface area contributed by atoms with E-state index in [-0.39, 0.29) is 11.9 Å². The first-order valence-electron chi connectivity index (χ1n) is 7.15. The SMILES string of the molecule is CC(=O)N1c2c(cccc2-c2ccccc2)CCC1C. The summed E-state index contributed by atoms with van der Waals surface area (Å²) in [6.07, 6.45) is 2.08. The van der Waals surface area contributed by atoms with E-state index in [2.05, 4.69) is 37.3 Å². The molecule has 2 aromatic rings. The molecule has 0 saturated carbocycles. The predicted octanol–water partition coefficient (Wildman–Crippen LogP) is 4.04. The highest BCUT2D eigenvalue weighted by Crippen LogP contribution is 2.39. The van der Waals surface area contributed by atoms with Crippen molar-refractivity contribution in [3.63, 3.8) is 0 Å². The van der Waals surface area contributed by atoms with Gasteiger partial charge in [-0.05, 0) is 30.9 Å². The maximum Gasteiger partial charge on any atom is 0.224 e. The fourth-order valence-corrected chi connectivity index (χ4v) is 3.11. The Kier molecular flexibility index (Phi) is 3.31. The molecule has 0 aromatic heterocycles. The van der Waals surface area contributed by atoms with Gasteiger partial charge in [0, 0.05) is 18.5 Å². The number of aryl methyl sites for hydroxylation is 1. The maximum atomic E-state index is 12.1. The molecule has 0 radical (unpaired) electrons. The fraction of sp³-hybridized carbons (Fsp3) is 0.278. The van der Waals surface area contributed by atoms with Gasteiger partial charge in [0.05, 0.1) is 5.69 Å². The van der Waals surface area contributed by atoms with Gasteiger partial charge in [-0.25, -0.2) is 0 Å². The smallest absolute Gasteiger partial charge is 0.224 e. The molecule has 0 fully saturated rings. The first-order valence-corrected chi connectivity index (χ1v) is 7.15. The third-order valence-electron chi connectivity index (χ3n) is 4.06. The fourth-order valence-electron chi connectivity index (χ4n) is 3.11. The van der Waals surface area contributed by atoms with Gasteiger partial charge in [-0.1, -0.05) is 48.5 Å². The maximum absolute atomic E-state index is 12.1. The number of benzene rings is 2. The summed E-state index contributed by atoms with van der Waals surface area (Å²) in [6.45, 7) is 3.79. The van der Waals surface area contributed by atoms with Crippen LogP contribution in [0.1, 0.15) is 25.8 Å². The topological polar surface area (TPSA) is 20.3 Å². The lowest BCUT2D eigenvalue weighted by Crippen LogP contribution is -2.41. The number of nitrogens with zero attached hydrogens (tertiary/aromatic N) is 1. The number of rotatable bonds is 1. The van der Waals surface area contributed by atoms with Crippen LogP contribution in [-0.2, 0) is 11.2 Å². The number of carbonyl (C=O) groups excluding carboxylic acids is 1. The highest BCUT2D eigenvalue weighted by molar-refractivity contribution is 5.98. The van der Waals surface area contributed by atoms with E-state index in [0.717, 1.165) is 24.1 Å². The lowest BCUT2D eigenvalue weighted by atomic mass is 9.91. The zero-order valence-electron chi connectivity index (χ0n) is 12.0. The van der Waals surface area contributed by atoms with Crippen LogP contribution in [0.5, 0.6) is 0 Å². The Morgan fingerprint density at radius 1 is 1.10 bits per heavy atom. The van der Waals surface area contributed by atoms with Crippen molar-refractivity contribution in [3.05, 3.63) is 54.1 Å². The van der Waals surface area contributed by atoms with Crippen LogP contribution in [0.15, 0.2) is 48.5 Å². The molecule has 20 heavy (non-hydrogen) atoms. The van der Waals surface area contributed by atoms with Crippen LogP contribution in [0, 0.1) is 0 Å². The summed E-state index contributed by atoms with van der Waals surface area (Å²) >= 11 is 0. The van der Waals surface area contributed by atoms with Crippen LogP contribution in [0.3, 0.4) is 0 Å². The highest BCUT2D eigenvalue weighted by Gasteiger charge is 2.28. The second kappa shape index (κ2) is 5.12. The molecule has 2 aromatic carbocycles. The Morgan fingerprint density at radius 3 is 2.55 bits per heavy atom. The predicted molar refractivity (Wildman–Crippen MR) is 82.8 cm³/mol. The zero-order chi connectivity index (χ0) is 14.1. The van der Waals surface area contributed by atoms with Crippen molar-refractivity contribution in [3.8, 4) is 11.1 Å². The van der Waals surface area contributed by atoms with Gasteiger partial charge in [-0.2, -0.15) is 0 Å². The van der Waals surface area contributed by atoms with E-state index in [1.54, 1.807) is 6.92 Å². The Morgan fingerprint density at radius 2 is 1.85 bits per heavy atom. The second-order valence-electron chi connectivity index (χ2n) is 5.46. The highest BCUT2D eigenvalue weighted by atomic mass is 16.2. The Hall–Kier alpha value is -2.09. The monoisotopic (exact) mass is 265 g/mol. The number of fused-ring (bicyclic) bond motifs is 1. The average Bonchev–Trinajstić information content (AvgIpc) is 2.47. The van der Waals surface area contributed by atoms with E-state index in [1.165, 1.54) is 11.1 Å². The summed E-state index contributed by atoms with van der Waals surface area (Å²) in [5.41, 5.74) is 4.71. The summed E-state index contributed by atoms with van der Waals surface area (Å²) in [5, 5.41) is 0. The van der Waals surface area contributed by atoms with Crippen molar-refractivity contribution in [2.75, 3.05) is 4.90 Å². The van der Waals surface area contributed by atoms with Crippen molar-refractivity contribution in [1.29, 1.82) is 0 Å². The molecule has 3 rings (SSSR count). The Bertz CT molecular complexity index is 633. The molecule has 0 spiro atoms. The van der Waals surface area contributed by atoms with E-state index in [4.69, 9.17) is 0 Å². The van der Waals surface area contributed by atoms with Gasteiger partial charge in [0.25, 0.3) is 0 Å². The summed E-state index contributed by atoms with van der Waals surface area (Å²) in [5.74, 6) is 0.127. The number of anilines is 1. The molecule has 0 saturated heterocycles. The van der Waals surface area contributed by atoms with Crippen molar-refractivity contribution in [2.45, 2.75) is 32.7 Å². The molecule has 1 aliphatic rings. The molecular formula is C18H19NO. The lowest BCUT2D eigenvalue weighted by molar-refractivity contribution is -0.117. The van der Waals surface area contributed by atoms with E-state index in [9.17, 15) is 4.79 Å². The largest absolute Gasteiger partial charge is 0.309 e. The minimum atomic E-state index is 0.127. The molecule has 1 amide bonds. The summed E-state index contributed by atoms with van der Waals surface area (Å²) in [4.78, 5) is 14.0. The number of hydrogen-bond acceptors (Lipinski definition) is 1. The van der Waals surface area contributed by atoms with Crippen LogP contribution < -0.4 is 4.90 Å². The van der Waals surface area contributed by atoms with Crippen molar-refractivity contribution in [2.24, 2.45) is 0 Å². The summed E-state index contributed by atoms with van der Waals surface area (Å²) < 4.78 is 0. The molecule has 1 heterocycles. The van der Waals surface area contributed by atoms with Gasteiger partial charge in [-0.15, -0.1) is 0 Å². The van der Waals surface area contributed by atoms with Crippen LogP contribution >= 0.6 is 0 Å². The molecule has 1 atom stereocenters. The van der Waals surface area contributed by atoms with E-state index in [0.29, 0.717) is 0 Å². The average molecular weight is 265 g/mol. The van der Waals surface area contributed by atoms with Gasteiger partial charge in [0.1, 0.15) is 0 Å². The second-order valence-corrected chi connectivity index (χ2v) is 5.46. The third kappa shape index (κ3) is 2.11. The van der Waals surface area contributed by atoms with Crippen LogP contribution in [0.25, 0.3) is 11.1 Å². The van der Waals surface area contributed by atoms with Crippen molar-refractivity contribution < 1.29 is 4.79 Å². The molecule has 102 valence electrons. The van der Waals surface area contributed by atoms with Gasteiger partial charge < -0.3 is 4.90 Å². The molecule has 2 heteroatoms. The number of para-hydroxylation sites is 1. The van der Waals surface area contributed by atoms with Gasteiger partial charge in [0.15, 0.2) is 0 Å². The van der Waals surface area contributed by atoms with Crippen LogP contribution in [0.4, 0.5) is 5.69 Å². The lowest BCUT2D eigenvalue weighted by Gasteiger charge is -2.36. The normalized spacial score (nSPS) is 17.7. The van der Waals surface area contributed by atoms with E-state index in [1.807, 2.05) is 23.1 Å². The summed E-state index contributed by atoms with van der Waals surface area (Å²) in [6, 6.07) is 16.9. The van der Waals surface area contributed by atoms with Gasteiger partial charge >= 0.3 is 0 Å². The van der Waals surface area contributed by atoms with E-state index >= 15 is 0 Å². The Balaban J connectivity index is 2.21. The Labute approximate surface area is 120 Å². The van der Waals surface area contributed by atoms with Gasteiger partial charge in [0.2, 0.25) is 5.91 Å². The molecule has 1 aliphatic heterocycles. The van der Waals surface area contributed by atoms with E-state index < -0.39 is 0 Å². The van der Waals surface area contributed by atoms with Crippen LogP contribution in [0.2, 0.25) is 0 Å². The molecule has 1 unspecified atom stereocenters. The van der Waals surface area contributed by atoms with Crippen LogP contribution in [-0.4, -0.2) is 11.9 Å². The first kappa shape index (κ1) is 12.9. The standard InChI is InChI=1S/C18H19NO/c1-13-11-12-16-9-6-10-17(15-7-4-3-5-8-15)18(16)19(13)14(2)20/h3-10,13H,11-12H2,1-2H3. The quantitative estimate of drug-likeness (QED) is 0.762. The zero-order valence-corrected chi connectivity index (χ0v) is 12.0. The third-order valence-corrected chi connectivity index (χ3v) is 4.06. The number of amides is 1. The molecule has 2 nitrogen and oxygen atoms in total. The molecule has 0 N–H and O–H groups in total. The minimum Gasteiger partial charge on any atom is -0.309 e. The van der Waals surface area contributed by atoms with Crippen molar-refractivity contribution >= 4 is 11.6 Å². The molecule has 0 aliphatic carbocycles. The first-order chi connectivity index (χ1) is 9.68. The van der Waals surface area contributed by atoms with Crippen molar-refractivity contribution in [1.82, 2.24) is 0 Å². The number of carbonyl (C=O) groups is 1.